The molecule has 0 unspecified atom stereocenters. The Hall–Kier alpha value is -2.89. The maximum Gasteiger partial charge on any atom is 0.256 e. The lowest BCUT2D eigenvalue weighted by Gasteiger charge is -2.00. The fourth-order valence-electron chi connectivity index (χ4n) is 2.85. The van der Waals surface area contributed by atoms with E-state index in [4.69, 9.17) is 5.73 Å². The molecule has 2 amide bonds. The Balaban J connectivity index is 2.08. The molecule has 0 saturated heterocycles. The van der Waals surface area contributed by atoms with Gasteiger partial charge in [0.2, 0.25) is 5.91 Å². The van der Waals surface area contributed by atoms with Crippen LogP contribution in [0.5, 0.6) is 0 Å². The summed E-state index contributed by atoms with van der Waals surface area (Å²) in [4.78, 5) is 26.5. The van der Waals surface area contributed by atoms with Crippen LogP contribution >= 0.6 is 0 Å². The van der Waals surface area contributed by atoms with Gasteiger partial charge in [0.1, 0.15) is 5.82 Å². The minimum atomic E-state index is -0.416. The second-order valence-corrected chi connectivity index (χ2v) is 5.61. The summed E-state index contributed by atoms with van der Waals surface area (Å²) in [6, 6.07) is 4.17. The molecule has 23 heavy (non-hydrogen) atoms. The quantitative estimate of drug-likeness (QED) is 0.759. The second-order valence-electron chi connectivity index (χ2n) is 5.61. The van der Waals surface area contributed by atoms with Gasteiger partial charge >= 0.3 is 0 Å². The Bertz CT molecular complexity index is 865. The predicted molar refractivity (Wildman–Crippen MR) is 86.1 cm³/mol. The van der Waals surface area contributed by atoms with Gasteiger partial charge in [-0.05, 0) is 49.2 Å². The van der Waals surface area contributed by atoms with Gasteiger partial charge in [0.15, 0.2) is 0 Å². The number of aryl methyl sites for hydroxylation is 1. The molecule has 0 atom stereocenters. The number of hydrogen-bond acceptors (Lipinski definition) is 2. The number of aromatic amines is 1. The van der Waals surface area contributed by atoms with Crippen LogP contribution in [0.25, 0.3) is 11.6 Å². The molecule has 0 fully saturated rings. The molecule has 0 spiro atoms. The first-order chi connectivity index (χ1) is 10.9. The van der Waals surface area contributed by atoms with E-state index >= 15 is 0 Å². The highest BCUT2D eigenvalue weighted by atomic mass is 19.1. The lowest BCUT2D eigenvalue weighted by atomic mass is 10.0. The molecule has 2 aromatic rings. The van der Waals surface area contributed by atoms with Gasteiger partial charge in [-0.3, -0.25) is 9.59 Å². The van der Waals surface area contributed by atoms with Gasteiger partial charge in [-0.1, -0.05) is 0 Å². The molecule has 1 aromatic carbocycles. The molecule has 0 saturated carbocycles. The monoisotopic (exact) mass is 313 g/mol. The lowest BCUT2D eigenvalue weighted by Crippen LogP contribution is -2.14. The van der Waals surface area contributed by atoms with Crippen molar-refractivity contribution in [3.05, 3.63) is 52.1 Å². The van der Waals surface area contributed by atoms with E-state index in [1.54, 1.807) is 6.08 Å². The van der Waals surface area contributed by atoms with Gasteiger partial charge in [0, 0.05) is 22.6 Å². The first kappa shape index (κ1) is 15.0. The van der Waals surface area contributed by atoms with Crippen LogP contribution in [0.1, 0.15) is 28.1 Å². The number of aromatic nitrogens is 1. The summed E-state index contributed by atoms with van der Waals surface area (Å²) in [5.74, 6) is -1.10. The van der Waals surface area contributed by atoms with Crippen molar-refractivity contribution >= 4 is 29.2 Å². The van der Waals surface area contributed by atoms with Gasteiger partial charge in [-0.15, -0.1) is 0 Å². The summed E-state index contributed by atoms with van der Waals surface area (Å²) in [5, 5.41) is 2.71. The number of carbonyl (C=O) groups is 2. The Morgan fingerprint density at radius 3 is 2.78 bits per heavy atom. The van der Waals surface area contributed by atoms with Crippen LogP contribution < -0.4 is 11.1 Å². The number of primary amides is 1. The van der Waals surface area contributed by atoms with Crippen LogP contribution in [0.15, 0.2) is 18.2 Å². The minimum absolute atomic E-state index is 0.134. The van der Waals surface area contributed by atoms with Gasteiger partial charge in [0.05, 0.1) is 12.0 Å². The van der Waals surface area contributed by atoms with Crippen molar-refractivity contribution in [3.63, 3.8) is 0 Å². The van der Waals surface area contributed by atoms with Crippen LogP contribution in [0.4, 0.5) is 10.1 Å². The number of hydrogen-bond donors (Lipinski definition) is 3. The van der Waals surface area contributed by atoms with Gasteiger partial charge in [0.25, 0.3) is 5.91 Å². The number of rotatable bonds is 3. The van der Waals surface area contributed by atoms with E-state index in [-0.39, 0.29) is 12.3 Å². The van der Waals surface area contributed by atoms with E-state index in [9.17, 15) is 14.0 Å². The van der Waals surface area contributed by atoms with Crippen LogP contribution in [-0.4, -0.2) is 16.8 Å². The van der Waals surface area contributed by atoms with Gasteiger partial charge in [-0.25, -0.2) is 4.39 Å². The van der Waals surface area contributed by atoms with Crippen LogP contribution in [0.3, 0.4) is 0 Å². The normalized spacial score (nSPS) is 14.9. The number of halogens is 1. The van der Waals surface area contributed by atoms with Crippen molar-refractivity contribution in [2.75, 3.05) is 5.32 Å². The third-order valence-corrected chi connectivity index (χ3v) is 4.04. The van der Waals surface area contributed by atoms with Crippen LogP contribution in [0.2, 0.25) is 0 Å². The molecular formula is C17H16FN3O2. The zero-order valence-electron chi connectivity index (χ0n) is 12.8. The minimum Gasteiger partial charge on any atom is -0.369 e. The van der Waals surface area contributed by atoms with Gasteiger partial charge < -0.3 is 16.0 Å². The molecule has 118 valence electrons. The first-order valence-electron chi connectivity index (χ1n) is 7.16. The fourth-order valence-corrected chi connectivity index (χ4v) is 2.85. The number of nitrogens with one attached hydrogen (secondary N) is 2. The second kappa shape index (κ2) is 5.39. The molecule has 0 aliphatic carbocycles. The van der Waals surface area contributed by atoms with E-state index in [0.29, 0.717) is 22.5 Å². The molecule has 1 aromatic heterocycles. The van der Waals surface area contributed by atoms with Crippen molar-refractivity contribution in [2.24, 2.45) is 5.73 Å². The number of benzene rings is 1. The van der Waals surface area contributed by atoms with Crippen molar-refractivity contribution in [1.82, 2.24) is 4.98 Å². The average molecular weight is 313 g/mol. The van der Waals surface area contributed by atoms with Crippen LogP contribution in [-0.2, 0) is 16.0 Å². The maximum absolute atomic E-state index is 13.5. The average Bonchev–Trinajstić information content (AvgIpc) is 2.91. The van der Waals surface area contributed by atoms with Crippen molar-refractivity contribution in [2.45, 2.75) is 20.3 Å². The fraction of sp³-hybridized carbons (Fsp3) is 0.176. The Kier molecular flexibility index (Phi) is 3.52. The topological polar surface area (TPSA) is 88.0 Å². The third kappa shape index (κ3) is 2.63. The molecular weight excluding hydrogens is 297 g/mol. The number of H-pyrrole nitrogens is 1. The van der Waals surface area contributed by atoms with Crippen molar-refractivity contribution < 1.29 is 14.0 Å². The largest absolute Gasteiger partial charge is 0.369 e. The highest BCUT2D eigenvalue weighted by Crippen LogP contribution is 2.34. The van der Waals surface area contributed by atoms with E-state index in [2.05, 4.69) is 10.3 Å². The Morgan fingerprint density at radius 2 is 2.09 bits per heavy atom. The number of fused-ring (bicyclic) bond motifs is 1. The highest BCUT2D eigenvalue weighted by Gasteiger charge is 2.25. The summed E-state index contributed by atoms with van der Waals surface area (Å²) in [7, 11) is 0. The molecule has 4 N–H and O–H groups in total. The van der Waals surface area contributed by atoms with E-state index < -0.39 is 11.7 Å². The number of anilines is 1. The summed E-state index contributed by atoms with van der Waals surface area (Å²) in [6.07, 6.45) is 1.81. The molecule has 6 heteroatoms. The summed E-state index contributed by atoms with van der Waals surface area (Å²) in [5.41, 5.74) is 9.97. The number of carbonyl (C=O) groups excluding carboxylic acids is 2. The Morgan fingerprint density at radius 1 is 1.35 bits per heavy atom. The van der Waals surface area contributed by atoms with E-state index in [0.717, 1.165) is 16.8 Å². The molecule has 1 aliphatic rings. The molecule has 5 nitrogen and oxygen atoms in total. The number of amides is 2. The SMILES string of the molecule is Cc1[nH]c(/C=C2\C(=O)Nc3ccc(F)cc32)c(C)c1CC(N)=O. The lowest BCUT2D eigenvalue weighted by molar-refractivity contribution is -0.117. The molecule has 3 rings (SSSR count). The predicted octanol–water partition coefficient (Wildman–Crippen LogP) is 2.29. The smallest absolute Gasteiger partial charge is 0.256 e. The standard InChI is InChI=1S/C17H16FN3O2/c1-8-11(7-16(19)22)9(2)20-15(8)6-13-12-5-10(18)3-4-14(12)21-17(13)23/h3-6,20H,7H2,1-2H3,(H2,19,22)(H,21,23)/b13-6-. The highest BCUT2D eigenvalue weighted by molar-refractivity contribution is 6.34. The third-order valence-electron chi connectivity index (χ3n) is 4.04. The molecule has 0 bridgehead atoms. The van der Waals surface area contributed by atoms with E-state index in [1.165, 1.54) is 18.2 Å². The molecule has 1 aliphatic heterocycles. The molecule has 0 radical (unpaired) electrons. The summed E-state index contributed by atoms with van der Waals surface area (Å²) < 4.78 is 13.5. The zero-order valence-corrected chi connectivity index (χ0v) is 12.8. The summed E-state index contributed by atoms with van der Waals surface area (Å²) >= 11 is 0. The van der Waals surface area contributed by atoms with Crippen LogP contribution in [0, 0.1) is 19.7 Å². The first-order valence-corrected chi connectivity index (χ1v) is 7.16. The molecule has 2 heterocycles. The van der Waals surface area contributed by atoms with Crippen molar-refractivity contribution in [3.8, 4) is 0 Å². The van der Waals surface area contributed by atoms with Crippen molar-refractivity contribution in [1.29, 1.82) is 0 Å². The zero-order chi connectivity index (χ0) is 16.7. The maximum atomic E-state index is 13.5. The van der Waals surface area contributed by atoms with E-state index in [1.807, 2.05) is 13.8 Å². The van der Waals surface area contributed by atoms with Gasteiger partial charge in [-0.2, -0.15) is 0 Å². The Labute approximate surface area is 132 Å². The summed E-state index contributed by atoms with van der Waals surface area (Å²) in [6.45, 7) is 3.70. The number of nitrogens with two attached hydrogens (primary N) is 1.